The summed E-state index contributed by atoms with van der Waals surface area (Å²) >= 11 is 0. The molecule has 86 valence electrons. The fourth-order valence-corrected chi connectivity index (χ4v) is 1.04. The molecule has 0 spiro atoms. The lowest BCUT2D eigenvalue weighted by Crippen LogP contribution is -2.40. The van der Waals surface area contributed by atoms with Gasteiger partial charge in [-0.3, -0.25) is 9.59 Å². The highest BCUT2D eigenvalue weighted by molar-refractivity contribution is 5.72. The van der Waals surface area contributed by atoms with Crippen LogP contribution in [0.4, 0.5) is 0 Å². The van der Waals surface area contributed by atoms with E-state index in [2.05, 4.69) is 16.1 Å². The van der Waals surface area contributed by atoms with Gasteiger partial charge in [0.1, 0.15) is 0 Å². The van der Waals surface area contributed by atoms with Gasteiger partial charge in [0.05, 0.1) is 20.6 Å². The molecule has 0 aliphatic carbocycles. The summed E-state index contributed by atoms with van der Waals surface area (Å²) in [6, 6.07) is 0. The second-order valence-electron chi connectivity index (χ2n) is 3.27. The third-order valence-corrected chi connectivity index (χ3v) is 2.13. The molecule has 0 aromatic heterocycles. The van der Waals surface area contributed by atoms with Crippen molar-refractivity contribution in [2.45, 2.75) is 24.8 Å². The van der Waals surface area contributed by atoms with E-state index >= 15 is 0 Å². The molecule has 0 fully saturated rings. The minimum atomic E-state index is -0.915. The molecule has 0 saturated carbocycles. The van der Waals surface area contributed by atoms with Crippen LogP contribution in [0.3, 0.4) is 0 Å². The summed E-state index contributed by atoms with van der Waals surface area (Å²) in [5.41, 5.74) is 4.93. The van der Waals surface area contributed by atoms with E-state index in [9.17, 15) is 9.59 Å². The van der Waals surface area contributed by atoms with Gasteiger partial charge in [-0.2, -0.15) is 0 Å². The van der Waals surface area contributed by atoms with Crippen LogP contribution in [-0.4, -0.2) is 31.7 Å². The molecule has 0 bridgehead atoms. The maximum Gasteiger partial charge on any atom is 0.307 e. The standard InChI is InChI=1S/C10H17NO4/c1-4-10(11,7-9(13)15-3)6-5-8(12)14-2/h4H,1,5-7,11H2,2-3H3. The normalized spacial score (nSPS) is 13.8. The third-order valence-electron chi connectivity index (χ3n) is 2.13. The minimum Gasteiger partial charge on any atom is -0.469 e. The van der Waals surface area contributed by atoms with E-state index in [1.54, 1.807) is 0 Å². The van der Waals surface area contributed by atoms with Crippen LogP contribution < -0.4 is 5.73 Å². The number of carbonyl (C=O) groups is 2. The fourth-order valence-electron chi connectivity index (χ4n) is 1.04. The van der Waals surface area contributed by atoms with E-state index < -0.39 is 11.5 Å². The van der Waals surface area contributed by atoms with Crippen molar-refractivity contribution in [3.8, 4) is 0 Å². The first-order valence-electron chi connectivity index (χ1n) is 4.53. The largest absolute Gasteiger partial charge is 0.469 e. The van der Waals surface area contributed by atoms with Gasteiger partial charge in [-0.15, -0.1) is 6.58 Å². The number of carbonyl (C=O) groups excluding carboxylic acids is 2. The number of hydrogen-bond donors (Lipinski definition) is 1. The molecule has 0 aliphatic heterocycles. The van der Waals surface area contributed by atoms with E-state index in [1.807, 2.05) is 0 Å². The number of hydrogen-bond acceptors (Lipinski definition) is 5. The number of ether oxygens (including phenoxy) is 2. The van der Waals surface area contributed by atoms with Crippen LogP contribution in [-0.2, 0) is 19.1 Å². The van der Waals surface area contributed by atoms with Crippen molar-refractivity contribution in [2.24, 2.45) is 5.73 Å². The Balaban J connectivity index is 4.24. The zero-order chi connectivity index (χ0) is 11.9. The van der Waals surface area contributed by atoms with Crippen molar-refractivity contribution < 1.29 is 19.1 Å². The van der Waals surface area contributed by atoms with Crippen molar-refractivity contribution in [3.05, 3.63) is 12.7 Å². The highest BCUT2D eigenvalue weighted by Crippen LogP contribution is 2.16. The van der Waals surface area contributed by atoms with Gasteiger partial charge in [0.25, 0.3) is 0 Å². The van der Waals surface area contributed by atoms with Crippen molar-refractivity contribution in [1.82, 2.24) is 0 Å². The predicted octanol–water partition coefficient (Wildman–Crippen LogP) is 0.386. The summed E-state index contributed by atoms with van der Waals surface area (Å²) in [5, 5.41) is 0. The molecule has 0 amide bonds. The molecular formula is C10H17NO4. The summed E-state index contributed by atoms with van der Waals surface area (Å²) < 4.78 is 8.97. The average molecular weight is 215 g/mol. The van der Waals surface area contributed by atoms with Crippen LogP contribution in [0.2, 0.25) is 0 Å². The van der Waals surface area contributed by atoms with Crippen molar-refractivity contribution >= 4 is 11.9 Å². The maximum atomic E-state index is 11.0. The molecule has 5 nitrogen and oxygen atoms in total. The SMILES string of the molecule is C=CC(N)(CCC(=O)OC)CC(=O)OC. The summed E-state index contributed by atoms with van der Waals surface area (Å²) in [7, 11) is 2.58. The highest BCUT2D eigenvalue weighted by atomic mass is 16.5. The summed E-state index contributed by atoms with van der Waals surface area (Å²) in [6.07, 6.45) is 1.91. The molecule has 2 N–H and O–H groups in total. The predicted molar refractivity (Wildman–Crippen MR) is 55.0 cm³/mol. The molecule has 0 radical (unpaired) electrons. The zero-order valence-corrected chi connectivity index (χ0v) is 9.12. The van der Waals surface area contributed by atoms with Gasteiger partial charge in [0.2, 0.25) is 0 Å². The zero-order valence-electron chi connectivity index (χ0n) is 9.12. The van der Waals surface area contributed by atoms with Crippen LogP contribution >= 0.6 is 0 Å². The quantitative estimate of drug-likeness (QED) is 0.512. The third kappa shape index (κ3) is 5.17. The Kier molecular flexibility index (Phi) is 5.62. The monoisotopic (exact) mass is 215 g/mol. The second kappa shape index (κ2) is 6.19. The molecule has 0 aromatic rings. The van der Waals surface area contributed by atoms with Crippen LogP contribution in [0.1, 0.15) is 19.3 Å². The maximum absolute atomic E-state index is 11.0. The molecule has 0 heterocycles. The smallest absolute Gasteiger partial charge is 0.307 e. The van der Waals surface area contributed by atoms with E-state index in [4.69, 9.17) is 5.73 Å². The summed E-state index contributed by atoms with van der Waals surface area (Å²) in [4.78, 5) is 21.9. The Labute approximate surface area is 89.2 Å². The minimum absolute atomic E-state index is 0.00396. The molecule has 0 aromatic carbocycles. The highest BCUT2D eigenvalue weighted by Gasteiger charge is 2.26. The second-order valence-corrected chi connectivity index (χ2v) is 3.27. The first-order chi connectivity index (χ1) is 6.97. The van der Waals surface area contributed by atoms with Gasteiger partial charge in [-0.25, -0.2) is 0 Å². The summed E-state index contributed by atoms with van der Waals surface area (Å²) in [6.45, 7) is 3.54. The van der Waals surface area contributed by atoms with E-state index in [-0.39, 0.29) is 18.8 Å². The molecule has 5 heteroatoms. The molecular weight excluding hydrogens is 198 g/mol. The van der Waals surface area contributed by atoms with Gasteiger partial charge in [0, 0.05) is 12.0 Å². The number of esters is 2. The molecule has 15 heavy (non-hydrogen) atoms. The Morgan fingerprint density at radius 2 is 1.87 bits per heavy atom. The Hall–Kier alpha value is -1.36. The van der Waals surface area contributed by atoms with E-state index in [0.29, 0.717) is 6.42 Å². The molecule has 0 aliphatic rings. The van der Waals surface area contributed by atoms with E-state index in [0.717, 1.165) is 0 Å². The molecule has 1 unspecified atom stereocenters. The molecule has 0 rings (SSSR count). The van der Waals surface area contributed by atoms with Gasteiger partial charge in [0.15, 0.2) is 0 Å². The summed E-state index contributed by atoms with van der Waals surface area (Å²) in [5.74, 6) is -0.793. The van der Waals surface area contributed by atoms with Gasteiger partial charge >= 0.3 is 11.9 Å². The van der Waals surface area contributed by atoms with E-state index in [1.165, 1.54) is 20.3 Å². The average Bonchev–Trinajstić information content (AvgIpc) is 2.25. The lowest BCUT2D eigenvalue weighted by molar-refractivity contribution is -0.143. The lowest BCUT2D eigenvalue weighted by atomic mass is 9.91. The lowest BCUT2D eigenvalue weighted by Gasteiger charge is -2.23. The molecule has 1 atom stereocenters. The Morgan fingerprint density at radius 1 is 1.33 bits per heavy atom. The number of rotatable bonds is 6. The van der Waals surface area contributed by atoms with Crippen LogP contribution in [0.15, 0.2) is 12.7 Å². The first-order valence-corrected chi connectivity index (χ1v) is 4.53. The van der Waals surface area contributed by atoms with Crippen molar-refractivity contribution in [2.75, 3.05) is 14.2 Å². The molecule has 0 saturated heterocycles. The van der Waals surface area contributed by atoms with Crippen LogP contribution in [0.5, 0.6) is 0 Å². The van der Waals surface area contributed by atoms with Crippen molar-refractivity contribution in [3.63, 3.8) is 0 Å². The van der Waals surface area contributed by atoms with Gasteiger partial charge < -0.3 is 15.2 Å². The van der Waals surface area contributed by atoms with Crippen LogP contribution in [0, 0.1) is 0 Å². The Bertz CT molecular complexity index is 252. The van der Waals surface area contributed by atoms with Crippen LogP contribution in [0.25, 0.3) is 0 Å². The first kappa shape index (κ1) is 13.6. The topological polar surface area (TPSA) is 78.6 Å². The van der Waals surface area contributed by atoms with Crippen molar-refractivity contribution in [1.29, 1.82) is 0 Å². The van der Waals surface area contributed by atoms with Gasteiger partial charge in [-0.1, -0.05) is 6.08 Å². The van der Waals surface area contributed by atoms with Gasteiger partial charge in [-0.05, 0) is 6.42 Å². The number of methoxy groups -OCH3 is 2. The Morgan fingerprint density at radius 3 is 2.27 bits per heavy atom. The fraction of sp³-hybridized carbons (Fsp3) is 0.600. The number of nitrogens with two attached hydrogens (primary N) is 1.